The molecule has 0 aliphatic carbocycles. The largest absolute Gasteiger partial charge is 0.461 e. The summed E-state index contributed by atoms with van der Waals surface area (Å²) < 4.78 is 12.1. The summed E-state index contributed by atoms with van der Waals surface area (Å²) in [4.78, 5) is 0. The molecule has 0 atom stereocenters. The van der Waals surface area contributed by atoms with Crippen molar-refractivity contribution >= 4 is 0 Å². The molecule has 2 heteroatoms. The van der Waals surface area contributed by atoms with Crippen LogP contribution in [0.2, 0.25) is 0 Å². The smallest absolute Gasteiger partial charge is 0.138 e. The van der Waals surface area contributed by atoms with Gasteiger partial charge in [-0.15, -0.1) is 0 Å². The first-order valence-electron chi connectivity index (χ1n) is 7.64. The van der Waals surface area contributed by atoms with Crippen LogP contribution in [0.15, 0.2) is 33.1 Å². The topological polar surface area (TPSA) is 26.3 Å². The SMILES string of the molecule is Cc1oc(-c2ccccc2-c2oc(C)c(C)c2C)c(C)c1C. The van der Waals surface area contributed by atoms with Crippen molar-refractivity contribution in [3.8, 4) is 22.6 Å². The summed E-state index contributed by atoms with van der Waals surface area (Å²) >= 11 is 0. The highest BCUT2D eigenvalue weighted by Crippen LogP contribution is 2.39. The van der Waals surface area contributed by atoms with Crippen LogP contribution in [0.3, 0.4) is 0 Å². The minimum absolute atomic E-state index is 0.941. The van der Waals surface area contributed by atoms with Crippen LogP contribution in [0.5, 0.6) is 0 Å². The second kappa shape index (κ2) is 5.20. The van der Waals surface area contributed by atoms with Gasteiger partial charge in [-0.1, -0.05) is 24.3 Å². The van der Waals surface area contributed by atoms with E-state index in [9.17, 15) is 0 Å². The average molecular weight is 294 g/mol. The zero-order valence-electron chi connectivity index (χ0n) is 14.1. The molecule has 22 heavy (non-hydrogen) atoms. The van der Waals surface area contributed by atoms with E-state index in [1.54, 1.807) is 0 Å². The first-order chi connectivity index (χ1) is 10.4. The molecule has 2 heterocycles. The Morgan fingerprint density at radius 1 is 0.545 bits per heavy atom. The number of hydrogen-bond donors (Lipinski definition) is 0. The van der Waals surface area contributed by atoms with Gasteiger partial charge in [0.15, 0.2) is 0 Å². The van der Waals surface area contributed by atoms with E-state index in [0.29, 0.717) is 0 Å². The number of furan rings is 2. The molecule has 2 nitrogen and oxygen atoms in total. The van der Waals surface area contributed by atoms with E-state index >= 15 is 0 Å². The average Bonchev–Trinajstić information content (AvgIpc) is 2.92. The third kappa shape index (κ3) is 2.10. The summed E-state index contributed by atoms with van der Waals surface area (Å²) in [6.07, 6.45) is 0. The Balaban J connectivity index is 2.27. The summed E-state index contributed by atoms with van der Waals surface area (Å²) in [7, 11) is 0. The molecule has 0 aliphatic heterocycles. The molecule has 3 aromatic rings. The van der Waals surface area contributed by atoms with Gasteiger partial charge in [-0.3, -0.25) is 0 Å². The Labute approximate surface area is 131 Å². The highest BCUT2D eigenvalue weighted by Gasteiger charge is 2.20. The molecule has 114 valence electrons. The maximum absolute atomic E-state index is 6.03. The maximum atomic E-state index is 6.03. The van der Waals surface area contributed by atoms with Crippen LogP contribution in [0.25, 0.3) is 22.6 Å². The van der Waals surface area contributed by atoms with Gasteiger partial charge in [0.05, 0.1) is 0 Å². The lowest BCUT2D eigenvalue weighted by Crippen LogP contribution is -1.86. The van der Waals surface area contributed by atoms with E-state index in [1.807, 2.05) is 26.0 Å². The summed E-state index contributed by atoms with van der Waals surface area (Å²) in [5, 5.41) is 0. The van der Waals surface area contributed by atoms with Crippen molar-refractivity contribution in [2.24, 2.45) is 0 Å². The van der Waals surface area contributed by atoms with E-state index in [0.717, 1.165) is 34.2 Å². The van der Waals surface area contributed by atoms with Crippen molar-refractivity contribution in [1.82, 2.24) is 0 Å². The number of hydrogen-bond acceptors (Lipinski definition) is 2. The molecule has 2 aromatic heterocycles. The molecule has 0 unspecified atom stereocenters. The van der Waals surface area contributed by atoms with Crippen LogP contribution in [-0.4, -0.2) is 0 Å². The van der Waals surface area contributed by atoms with Crippen molar-refractivity contribution in [2.45, 2.75) is 41.5 Å². The summed E-state index contributed by atoms with van der Waals surface area (Å²) in [5.41, 5.74) is 7.01. The highest BCUT2D eigenvalue weighted by molar-refractivity contribution is 5.82. The Bertz CT molecular complexity index is 776. The van der Waals surface area contributed by atoms with Crippen molar-refractivity contribution in [3.63, 3.8) is 0 Å². The molecule has 1 aromatic carbocycles. The summed E-state index contributed by atoms with van der Waals surface area (Å²) in [6, 6.07) is 8.30. The molecule has 0 radical (unpaired) electrons. The molecule has 0 N–H and O–H groups in total. The number of rotatable bonds is 2. The third-order valence-electron chi connectivity index (χ3n) is 4.79. The number of aryl methyl sites for hydroxylation is 2. The van der Waals surface area contributed by atoms with Gasteiger partial charge in [0.25, 0.3) is 0 Å². The molecule has 3 rings (SSSR count). The van der Waals surface area contributed by atoms with E-state index < -0.39 is 0 Å². The van der Waals surface area contributed by atoms with Gasteiger partial charge >= 0.3 is 0 Å². The predicted molar refractivity (Wildman–Crippen MR) is 90.3 cm³/mol. The summed E-state index contributed by atoms with van der Waals surface area (Å²) in [5.74, 6) is 3.84. The molecule has 0 fully saturated rings. The monoisotopic (exact) mass is 294 g/mol. The Kier molecular flexibility index (Phi) is 3.48. The van der Waals surface area contributed by atoms with Crippen LogP contribution in [-0.2, 0) is 0 Å². The molecule has 0 aliphatic rings. The molecule has 0 saturated carbocycles. The lowest BCUT2D eigenvalue weighted by Gasteiger charge is -2.07. The van der Waals surface area contributed by atoms with E-state index in [-0.39, 0.29) is 0 Å². The third-order valence-corrected chi connectivity index (χ3v) is 4.79. The molecule has 0 spiro atoms. The van der Waals surface area contributed by atoms with E-state index in [2.05, 4.69) is 39.8 Å². The van der Waals surface area contributed by atoms with Crippen LogP contribution < -0.4 is 0 Å². The van der Waals surface area contributed by atoms with E-state index in [1.165, 1.54) is 22.3 Å². The second-order valence-electron chi connectivity index (χ2n) is 6.02. The van der Waals surface area contributed by atoms with Crippen molar-refractivity contribution in [2.75, 3.05) is 0 Å². The zero-order valence-corrected chi connectivity index (χ0v) is 14.1. The minimum atomic E-state index is 0.941. The zero-order chi connectivity index (χ0) is 16.0. The Morgan fingerprint density at radius 2 is 0.909 bits per heavy atom. The molecule has 0 saturated heterocycles. The first-order valence-corrected chi connectivity index (χ1v) is 7.64. The molecule has 0 bridgehead atoms. The van der Waals surface area contributed by atoms with Crippen LogP contribution in [0, 0.1) is 41.5 Å². The van der Waals surface area contributed by atoms with Crippen LogP contribution >= 0.6 is 0 Å². The first kappa shape index (κ1) is 14.7. The quantitative estimate of drug-likeness (QED) is 0.574. The van der Waals surface area contributed by atoms with Gasteiger partial charge in [-0.2, -0.15) is 0 Å². The highest BCUT2D eigenvalue weighted by atomic mass is 16.3. The minimum Gasteiger partial charge on any atom is -0.461 e. The van der Waals surface area contributed by atoms with Crippen molar-refractivity contribution < 1.29 is 8.83 Å². The second-order valence-corrected chi connectivity index (χ2v) is 6.02. The van der Waals surface area contributed by atoms with E-state index in [4.69, 9.17) is 8.83 Å². The predicted octanol–water partition coefficient (Wildman–Crippen LogP) is 6.06. The normalized spacial score (nSPS) is 11.2. The van der Waals surface area contributed by atoms with Crippen molar-refractivity contribution in [1.29, 1.82) is 0 Å². The molecule has 0 amide bonds. The number of benzene rings is 1. The fourth-order valence-electron chi connectivity index (χ4n) is 2.87. The fraction of sp³-hybridized carbons (Fsp3) is 0.300. The van der Waals surface area contributed by atoms with Gasteiger partial charge in [-0.25, -0.2) is 0 Å². The van der Waals surface area contributed by atoms with Gasteiger partial charge in [0.1, 0.15) is 23.0 Å². The lowest BCUT2D eigenvalue weighted by atomic mass is 9.97. The molecular formula is C20H22O2. The standard InChI is InChI=1S/C20H22O2/c1-11-13(3)19(21-15(11)5)17-9-7-8-10-18(17)20-14(4)12(2)16(6)22-20/h7-10H,1-6H3. The Morgan fingerprint density at radius 3 is 1.18 bits per heavy atom. The van der Waals surface area contributed by atoms with Gasteiger partial charge < -0.3 is 8.83 Å². The fourth-order valence-corrected chi connectivity index (χ4v) is 2.87. The Hall–Kier alpha value is -2.22. The molecular weight excluding hydrogens is 272 g/mol. The lowest BCUT2D eigenvalue weighted by molar-refractivity contribution is 0.538. The van der Waals surface area contributed by atoms with Crippen LogP contribution in [0.4, 0.5) is 0 Å². The van der Waals surface area contributed by atoms with Crippen LogP contribution in [0.1, 0.15) is 33.8 Å². The van der Waals surface area contributed by atoms with Crippen molar-refractivity contribution in [3.05, 3.63) is 58.0 Å². The van der Waals surface area contributed by atoms with Gasteiger partial charge in [0.2, 0.25) is 0 Å². The summed E-state index contributed by atoms with van der Waals surface area (Å²) in [6.45, 7) is 12.5. The van der Waals surface area contributed by atoms with Gasteiger partial charge in [0, 0.05) is 11.1 Å². The maximum Gasteiger partial charge on any atom is 0.138 e. The van der Waals surface area contributed by atoms with Gasteiger partial charge in [-0.05, 0) is 63.8 Å².